The Hall–Kier alpha value is -2.93. The van der Waals surface area contributed by atoms with Crippen LogP contribution in [0.4, 0.5) is 5.69 Å². The average molecular weight is 471 g/mol. The quantitative estimate of drug-likeness (QED) is 0.270. The van der Waals surface area contributed by atoms with Crippen LogP contribution in [0.5, 0.6) is 5.75 Å². The van der Waals surface area contributed by atoms with Crippen LogP contribution in [0.2, 0.25) is 5.02 Å². The van der Waals surface area contributed by atoms with Crippen molar-refractivity contribution in [1.29, 1.82) is 5.26 Å². The highest BCUT2D eigenvalue weighted by atomic mass is 35.5. The number of ether oxygens (including phenoxy) is 1. The second-order valence-corrected chi connectivity index (χ2v) is 8.73. The zero-order chi connectivity index (χ0) is 21.8. The van der Waals surface area contributed by atoms with E-state index in [9.17, 15) is 10.1 Å². The van der Waals surface area contributed by atoms with Crippen molar-refractivity contribution in [2.24, 2.45) is 0 Å². The number of aromatic nitrogens is 2. The van der Waals surface area contributed by atoms with E-state index in [0.29, 0.717) is 15.8 Å². The van der Waals surface area contributed by atoms with E-state index in [1.54, 1.807) is 24.3 Å². The van der Waals surface area contributed by atoms with Gasteiger partial charge in [0.15, 0.2) is 12.4 Å². The van der Waals surface area contributed by atoms with Gasteiger partial charge < -0.3 is 14.1 Å². The molecule has 0 bridgehead atoms. The van der Waals surface area contributed by atoms with Gasteiger partial charge in [0.25, 0.3) is 11.1 Å². The first kappa shape index (κ1) is 21.3. The van der Waals surface area contributed by atoms with Crippen molar-refractivity contribution in [3.05, 3.63) is 70.0 Å². The Morgan fingerprint density at radius 1 is 1.26 bits per heavy atom. The third kappa shape index (κ3) is 4.88. The number of allylic oxidation sites excluding steroid dienone is 1. The molecule has 0 radical (unpaired) electrons. The smallest absolute Gasteiger partial charge is 0.277 e. The number of benzene rings is 2. The van der Waals surface area contributed by atoms with E-state index >= 15 is 0 Å². The molecule has 0 aliphatic carbocycles. The molecular formula is C21H15ClN4O3S2. The summed E-state index contributed by atoms with van der Waals surface area (Å²) in [5.74, 6) is 0.616. The molecule has 31 heavy (non-hydrogen) atoms. The molecule has 0 N–H and O–H groups in total. The zero-order valence-electron chi connectivity index (χ0n) is 16.2. The standard InChI is InChI=1S/C21H15ClN4O3S2/c1-26-16-4-2-3-5-18(16)31-20(26)15(10-23)17(27)12-30-21-25-24-19(29-21)11-28-14-8-6-13(22)7-9-14/h2-9H,11-12H2,1H3. The maximum atomic E-state index is 12.7. The molecule has 2 heterocycles. The summed E-state index contributed by atoms with van der Waals surface area (Å²) in [6.45, 7) is 0.0936. The molecule has 0 atom stereocenters. The summed E-state index contributed by atoms with van der Waals surface area (Å²) in [6, 6.07) is 16.7. The maximum Gasteiger partial charge on any atom is 0.277 e. The summed E-state index contributed by atoms with van der Waals surface area (Å²) < 4.78 is 11.1. The van der Waals surface area contributed by atoms with Crippen molar-refractivity contribution in [3.63, 3.8) is 0 Å². The molecule has 10 heteroatoms. The number of anilines is 1. The fourth-order valence-electron chi connectivity index (χ4n) is 2.78. The second kappa shape index (κ2) is 9.47. The van der Waals surface area contributed by atoms with Crippen LogP contribution in [0.1, 0.15) is 5.89 Å². The van der Waals surface area contributed by atoms with Crippen LogP contribution in [-0.2, 0) is 11.4 Å². The monoisotopic (exact) mass is 470 g/mol. The minimum Gasteiger partial charge on any atom is -0.484 e. The number of nitriles is 1. The van der Waals surface area contributed by atoms with Crippen LogP contribution in [0, 0.1) is 11.3 Å². The Labute approximate surface area is 192 Å². The van der Waals surface area contributed by atoms with Crippen LogP contribution in [-0.4, -0.2) is 28.8 Å². The predicted octanol–water partition coefficient (Wildman–Crippen LogP) is 4.94. The predicted molar refractivity (Wildman–Crippen MR) is 119 cm³/mol. The van der Waals surface area contributed by atoms with Gasteiger partial charge in [0, 0.05) is 17.0 Å². The second-order valence-electron chi connectivity index (χ2n) is 6.34. The highest BCUT2D eigenvalue weighted by Crippen LogP contribution is 2.46. The van der Waals surface area contributed by atoms with Crippen molar-refractivity contribution in [1.82, 2.24) is 10.2 Å². The number of fused-ring (bicyclic) bond motifs is 1. The van der Waals surface area contributed by atoms with Gasteiger partial charge in [-0.25, -0.2) is 0 Å². The van der Waals surface area contributed by atoms with Gasteiger partial charge in [-0.2, -0.15) is 5.26 Å². The number of thioether (sulfide) groups is 2. The fourth-order valence-corrected chi connectivity index (χ4v) is 4.72. The minimum atomic E-state index is -0.299. The molecule has 1 aliphatic heterocycles. The third-order valence-electron chi connectivity index (χ3n) is 4.29. The number of Topliss-reactive ketones (excluding diaryl/α,β-unsaturated/α-hetero) is 1. The highest BCUT2D eigenvalue weighted by Gasteiger charge is 2.28. The van der Waals surface area contributed by atoms with Crippen molar-refractivity contribution in [2.75, 3.05) is 17.7 Å². The maximum absolute atomic E-state index is 12.7. The number of nitrogens with zero attached hydrogens (tertiary/aromatic N) is 4. The highest BCUT2D eigenvalue weighted by molar-refractivity contribution is 8.03. The summed E-state index contributed by atoms with van der Waals surface area (Å²) in [6.07, 6.45) is 0. The van der Waals surface area contributed by atoms with Gasteiger partial charge in [0.1, 0.15) is 22.4 Å². The first-order valence-corrected chi connectivity index (χ1v) is 11.2. The van der Waals surface area contributed by atoms with Crippen molar-refractivity contribution >= 4 is 46.6 Å². The van der Waals surface area contributed by atoms with Gasteiger partial charge in [0.05, 0.1) is 11.4 Å². The number of carbonyl (C=O) groups excluding carboxylic acids is 1. The molecule has 0 fully saturated rings. The van der Waals surface area contributed by atoms with Crippen LogP contribution in [0.3, 0.4) is 0 Å². The largest absolute Gasteiger partial charge is 0.484 e. The Kier molecular flexibility index (Phi) is 6.51. The fraction of sp³-hybridized carbons (Fsp3) is 0.143. The first-order valence-electron chi connectivity index (χ1n) is 9.07. The lowest BCUT2D eigenvalue weighted by Gasteiger charge is -2.14. The van der Waals surface area contributed by atoms with Gasteiger partial charge in [-0.3, -0.25) is 4.79 Å². The van der Waals surface area contributed by atoms with Gasteiger partial charge in [-0.1, -0.05) is 47.3 Å². The zero-order valence-corrected chi connectivity index (χ0v) is 18.6. The third-order valence-corrected chi connectivity index (χ3v) is 6.60. The summed E-state index contributed by atoms with van der Waals surface area (Å²) in [4.78, 5) is 15.6. The van der Waals surface area contributed by atoms with Crippen LogP contribution >= 0.6 is 35.1 Å². The lowest BCUT2D eigenvalue weighted by atomic mass is 10.2. The number of halogens is 1. The number of para-hydroxylation sites is 1. The Bertz CT molecular complexity index is 1190. The summed E-state index contributed by atoms with van der Waals surface area (Å²) >= 11 is 8.34. The van der Waals surface area contributed by atoms with E-state index in [1.807, 2.05) is 36.2 Å². The number of rotatable bonds is 7. The Morgan fingerprint density at radius 3 is 2.77 bits per heavy atom. The topological polar surface area (TPSA) is 92.2 Å². The lowest BCUT2D eigenvalue weighted by Crippen LogP contribution is -2.16. The van der Waals surface area contributed by atoms with Crippen LogP contribution in [0.15, 0.2) is 73.7 Å². The molecule has 156 valence electrons. The number of carbonyl (C=O) groups is 1. The molecule has 0 unspecified atom stereocenters. The van der Waals surface area contributed by atoms with Crippen LogP contribution < -0.4 is 9.64 Å². The number of hydrogen-bond acceptors (Lipinski definition) is 9. The molecule has 0 spiro atoms. The molecule has 7 nitrogen and oxygen atoms in total. The summed E-state index contributed by atoms with van der Waals surface area (Å²) in [7, 11) is 1.84. The molecule has 0 amide bonds. The minimum absolute atomic E-state index is 0.0107. The van der Waals surface area contributed by atoms with Crippen molar-refractivity contribution in [3.8, 4) is 11.8 Å². The van der Waals surface area contributed by atoms with E-state index in [2.05, 4.69) is 16.3 Å². The lowest BCUT2D eigenvalue weighted by molar-refractivity contribution is -0.112. The number of hydrogen-bond donors (Lipinski definition) is 0. The van der Waals surface area contributed by atoms with Gasteiger partial charge >= 0.3 is 0 Å². The number of ketones is 1. The molecular weight excluding hydrogens is 456 g/mol. The first-order chi connectivity index (χ1) is 15.0. The SMILES string of the molecule is CN1C(=C(C#N)C(=O)CSc2nnc(COc3ccc(Cl)cc3)o2)Sc2ccccc21. The molecule has 2 aromatic carbocycles. The van der Waals surface area contributed by atoms with Gasteiger partial charge in [-0.05, 0) is 36.4 Å². The van der Waals surface area contributed by atoms with Crippen molar-refractivity contribution in [2.45, 2.75) is 16.7 Å². The Morgan fingerprint density at radius 2 is 2.03 bits per heavy atom. The van der Waals surface area contributed by atoms with E-state index in [4.69, 9.17) is 20.8 Å². The van der Waals surface area contributed by atoms with E-state index in [-0.39, 0.29) is 34.8 Å². The Balaban J connectivity index is 1.36. The average Bonchev–Trinajstić information content (AvgIpc) is 3.37. The summed E-state index contributed by atoms with van der Waals surface area (Å²) in [5.41, 5.74) is 1.08. The molecule has 4 rings (SSSR count). The molecule has 0 saturated heterocycles. The van der Waals surface area contributed by atoms with Crippen LogP contribution in [0.25, 0.3) is 0 Å². The molecule has 1 aromatic heterocycles. The molecule has 3 aromatic rings. The molecule has 1 aliphatic rings. The van der Waals surface area contributed by atoms with Gasteiger partial charge in [-0.15, -0.1) is 10.2 Å². The van der Waals surface area contributed by atoms with E-state index in [1.165, 1.54) is 11.8 Å². The van der Waals surface area contributed by atoms with E-state index in [0.717, 1.165) is 22.3 Å². The van der Waals surface area contributed by atoms with E-state index < -0.39 is 0 Å². The molecule has 0 saturated carbocycles. The van der Waals surface area contributed by atoms with Crippen molar-refractivity contribution < 1.29 is 13.9 Å². The van der Waals surface area contributed by atoms with Gasteiger partial charge in [0.2, 0.25) is 0 Å². The normalized spacial score (nSPS) is 14.2. The summed E-state index contributed by atoms with van der Waals surface area (Å²) in [5, 5.41) is 18.9.